The van der Waals surface area contributed by atoms with Gasteiger partial charge in [0.15, 0.2) is 11.6 Å². The number of nitrogens with zero attached hydrogens (tertiary/aromatic N) is 7. The smallest absolute Gasteiger partial charge is 0.257 e. The molecule has 11 heteroatoms. The Morgan fingerprint density at radius 3 is 2.71 bits per heavy atom. The Morgan fingerprint density at radius 1 is 1.12 bits per heavy atom. The summed E-state index contributed by atoms with van der Waals surface area (Å²) >= 11 is 0. The molecule has 10 nitrogen and oxygen atoms in total. The molecule has 2 saturated heterocycles. The molecule has 256 valence electrons. The number of rotatable bonds is 11. The zero-order valence-electron chi connectivity index (χ0n) is 28.7. The maximum absolute atomic E-state index is 14.3. The van der Waals surface area contributed by atoms with Crippen LogP contribution in [0.4, 0.5) is 10.2 Å². The molecule has 1 aliphatic carbocycles. The van der Waals surface area contributed by atoms with Gasteiger partial charge in [0.1, 0.15) is 29.7 Å². The molecule has 5 heterocycles. The first-order valence-corrected chi connectivity index (χ1v) is 17.6. The molecule has 1 saturated carbocycles. The molecule has 48 heavy (non-hydrogen) atoms. The fourth-order valence-electron chi connectivity index (χ4n) is 8.18. The van der Waals surface area contributed by atoms with Gasteiger partial charge in [-0.1, -0.05) is 0 Å². The molecule has 3 aromatic rings. The summed E-state index contributed by atoms with van der Waals surface area (Å²) in [6.07, 6.45) is 12.0. The fraction of sp³-hybridized carbons (Fsp3) is 0.568. The Labute approximate surface area is 283 Å². The second-order valence-corrected chi connectivity index (χ2v) is 14.5. The van der Waals surface area contributed by atoms with Crippen LogP contribution in [0.25, 0.3) is 0 Å². The zero-order valence-corrected chi connectivity index (χ0v) is 28.7. The highest BCUT2D eigenvalue weighted by Crippen LogP contribution is 2.52. The number of hydrogen-bond donors (Lipinski definition) is 0. The highest BCUT2D eigenvalue weighted by Gasteiger charge is 2.54. The van der Waals surface area contributed by atoms with Gasteiger partial charge in [-0.25, -0.2) is 14.4 Å². The number of carbonyl (C=O) groups excluding carboxylic acids is 1. The van der Waals surface area contributed by atoms with E-state index in [-0.39, 0.29) is 34.8 Å². The van der Waals surface area contributed by atoms with Gasteiger partial charge in [0.25, 0.3) is 5.91 Å². The topological polar surface area (TPSA) is 87.2 Å². The fourth-order valence-corrected chi connectivity index (χ4v) is 8.18. The number of anilines is 1. The van der Waals surface area contributed by atoms with E-state index in [0.717, 1.165) is 57.7 Å². The third-order valence-electron chi connectivity index (χ3n) is 10.8. The van der Waals surface area contributed by atoms with Crippen molar-refractivity contribution < 1.29 is 18.7 Å². The zero-order chi connectivity index (χ0) is 33.4. The van der Waals surface area contributed by atoms with Crippen LogP contribution in [0.1, 0.15) is 74.5 Å². The van der Waals surface area contributed by atoms with Crippen molar-refractivity contribution in [1.82, 2.24) is 29.7 Å². The van der Waals surface area contributed by atoms with Crippen LogP contribution in [-0.2, 0) is 13.0 Å². The predicted molar refractivity (Wildman–Crippen MR) is 182 cm³/mol. The highest BCUT2D eigenvalue weighted by molar-refractivity contribution is 5.97. The lowest BCUT2D eigenvalue weighted by molar-refractivity contribution is -0.0352. The van der Waals surface area contributed by atoms with Gasteiger partial charge in [-0.05, 0) is 97.3 Å². The Bertz CT molecular complexity index is 1620. The van der Waals surface area contributed by atoms with Gasteiger partial charge in [0.05, 0.1) is 11.8 Å². The summed E-state index contributed by atoms with van der Waals surface area (Å²) in [7, 11) is 2.26. The first-order chi connectivity index (χ1) is 23.2. The van der Waals surface area contributed by atoms with Gasteiger partial charge in [0, 0.05) is 74.1 Å². The summed E-state index contributed by atoms with van der Waals surface area (Å²) < 4.78 is 27.2. The number of pyridine rings is 1. The van der Waals surface area contributed by atoms with E-state index in [1.807, 2.05) is 33.0 Å². The van der Waals surface area contributed by atoms with Gasteiger partial charge in [0.2, 0.25) is 0 Å². The van der Waals surface area contributed by atoms with E-state index in [2.05, 4.69) is 31.7 Å². The Morgan fingerprint density at radius 2 is 1.96 bits per heavy atom. The van der Waals surface area contributed by atoms with Crippen LogP contribution in [0, 0.1) is 11.2 Å². The number of halogens is 1. The van der Waals surface area contributed by atoms with Crippen LogP contribution < -0.4 is 14.4 Å². The summed E-state index contributed by atoms with van der Waals surface area (Å²) in [4.78, 5) is 35.8. The number of hydrogen-bond acceptors (Lipinski definition) is 9. The molecule has 1 aromatic carbocycles. The minimum Gasteiger partial charge on any atom is -0.490 e. The molecule has 1 spiro atoms. The Hall–Kier alpha value is -3.83. The lowest BCUT2D eigenvalue weighted by Crippen LogP contribution is -2.65. The summed E-state index contributed by atoms with van der Waals surface area (Å²) in [5.74, 6) is 1.64. The van der Waals surface area contributed by atoms with Gasteiger partial charge in [-0.3, -0.25) is 14.7 Å². The number of aromatic nitrogens is 3. The van der Waals surface area contributed by atoms with E-state index in [4.69, 9.17) is 14.5 Å². The van der Waals surface area contributed by atoms with Gasteiger partial charge >= 0.3 is 0 Å². The quantitative estimate of drug-likeness (QED) is 0.263. The average Bonchev–Trinajstić information content (AvgIpc) is 3.46. The molecular weight excluding hydrogens is 609 g/mol. The summed E-state index contributed by atoms with van der Waals surface area (Å²) in [5.41, 5.74) is 2.80. The number of likely N-dealkylation sites (tertiary alicyclic amines) is 1. The van der Waals surface area contributed by atoms with Crippen molar-refractivity contribution in [3.05, 3.63) is 65.6 Å². The van der Waals surface area contributed by atoms with Crippen LogP contribution in [0.3, 0.4) is 0 Å². The van der Waals surface area contributed by atoms with E-state index in [0.29, 0.717) is 24.2 Å². The number of benzene rings is 1. The minimum absolute atomic E-state index is 0.0331. The standard InChI is InChI=1S/C37H48FN7O3/c1-5-45(25(2)3)36(46)29-17-26(38)8-9-32(29)48-34-20-39-24-41-35(34)44-22-37(23-44)18-28(19-37)47-33-10-13-40-31-12-16-43(21-30(31)33)15-11-27-7-6-14-42(27)4/h8-10,13,17,20,24-25,27-28H,5-7,11-12,14-16,18-19,21-23H2,1-4H3/t27-/m1/s1. The van der Waals surface area contributed by atoms with Gasteiger partial charge in [-0.15, -0.1) is 0 Å². The molecule has 3 aliphatic heterocycles. The summed E-state index contributed by atoms with van der Waals surface area (Å²) in [6, 6.07) is 6.77. The maximum atomic E-state index is 14.3. The van der Waals surface area contributed by atoms with E-state index >= 15 is 0 Å². The van der Waals surface area contributed by atoms with Crippen LogP contribution >= 0.6 is 0 Å². The molecule has 7 rings (SSSR count). The molecule has 1 atom stereocenters. The normalized spacial score (nSPS) is 20.8. The third-order valence-corrected chi connectivity index (χ3v) is 10.8. The van der Waals surface area contributed by atoms with Crippen molar-refractivity contribution in [2.45, 2.75) is 84.0 Å². The second-order valence-electron chi connectivity index (χ2n) is 14.5. The molecule has 0 radical (unpaired) electrons. The molecule has 4 aliphatic rings. The second kappa shape index (κ2) is 13.6. The molecule has 1 amide bonds. The van der Waals surface area contributed by atoms with Crippen molar-refractivity contribution >= 4 is 11.7 Å². The van der Waals surface area contributed by atoms with Gasteiger partial charge < -0.3 is 24.2 Å². The number of carbonyl (C=O) groups is 1. The van der Waals surface area contributed by atoms with Crippen LogP contribution in [0.2, 0.25) is 0 Å². The average molecular weight is 658 g/mol. The van der Waals surface area contributed by atoms with Crippen molar-refractivity contribution in [3.8, 4) is 17.2 Å². The molecule has 2 aromatic heterocycles. The van der Waals surface area contributed by atoms with Crippen LogP contribution in [0.15, 0.2) is 43.0 Å². The summed E-state index contributed by atoms with van der Waals surface area (Å²) in [6.45, 7) is 12.3. The van der Waals surface area contributed by atoms with E-state index in [1.54, 1.807) is 11.1 Å². The molecule has 3 fully saturated rings. The first-order valence-electron chi connectivity index (χ1n) is 17.6. The lowest BCUT2D eigenvalue weighted by atomic mass is 9.61. The number of amides is 1. The van der Waals surface area contributed by atoms with Gasteiger partial charge in [-0.2, -0.15) is 0 Å². The van der Waals surface area contributed by atoms with Crippen LogP contribution in [0.5, 0.6) is 17.2 Å². The Kier molecular flexibility index (Phi) is 9.26. The van der Waals surface area contributed by atoms with Crippen molar-refractivity contribution in [2.24, 2.45) is 5.41 Å². The third kappa shape index (κ3) is 6.59. The number of ether oxygens (including phenoxy) is 2. The molecule has 0 unspecified atom stereocenters. The number of fused-ring (bicyclic) bond motifs is 1. The summed E-state index contributed by atoms with van der Waals surface area (Å²) in [5, 5.41) is 0. The minimum atomic E-state index is -0.488. The largest absolute Gasteiger partial charge is 0.490 e. The van der Waals surface area contributed by atoms with Crippen molar-refractivity contribution in [3.63, 3.8) is 0 Å². The van der Waals surface area contributed by atoms with Crippen molar-refractivity contribution in [2.75, 3.05) is 51.2 Å². The molecule has 0 bridgehead atoms. The van der Waals surface area contributed by atoms with Crippen LogP contribution in [-0.4, -0.2) is 100 Å². The van der Waals surface area contributed by atoms with E-state index in [1.165, 1.54) is 61.6 Å². The molecular formula is C37H48FN7O3. The first kappa shape index (κ1) is 32.7. The van der Waals surface area contributed by atoms with E-state index in [9.17, 15) is 9.18 Å². The SMILES string of the molecule is CCN(C(=O)c1cc(F)ccc1Oc1cncnc1N1CC2(CC(Oc3ccnc4c3CN(CC[C@H]3CCCN3C)CC4)C2)C1)C(C)C. The maximum Gasteiger partial charge on any atom is 0.257 e. The van der Waals surface area contributed by atoms with E-state index < -0.39 is 5.82 Å². The monoisotopic (exact) mass is 657 g/mol. The predicted octanol–water partition coefficient (Wildman–Crippen LogP) is 5.56. The lowest BCUT2D eigenvalue weighted by Gasteiger charge is -2.59. The highest BCUT2D eigenvalue weighted by atomic mass is 19.1. The Balaban J connectivity index is 0.966. The molecule has 0 N–H and O–H groups in total. The van der Waals surface area contributed by atoms with Crippen molar-refractivity contribution in [1.29, 1.82) is 0 Å².